The second-order valence-corrected chi connectivity index (χ2v) is 8.60. The smallest absolute Gasteiger partial charge is 0.311 e. The number of esters is 1. The van der Waals surface area contributed by atoms with E-state index in [1.807, 2.05) is 30.5 Å². The van der Waals surface area contributed by atoms with E-state index < -0.39 is 11.9 Å². The molecule has 1 aromatic heterocycles. The molecule has 4 rings (SSSR count). The lowest BCUT2D eigenvalue weighted by molar-refractivity contribution is -0.149. The first-order valence-corrected chi connectivity index (χ1v) is 11.7. The number of hydrogen-bond donors (Lipinski definition) is 2. The van der Waals surface area contributed by atoms with Gasteiger partial charge in [0, 0.05) is 34.3 Å². The van der Waals surface area contributed by atoms with Crippen LogP contribution < -0.4 is 16.0 Å². The van der Waals surface area contributed by atoms with Crippen LogP contribution in [0.1, 0.15) is 12.2 Å². The topological polar surface area (TPSA) is 123 Å². The van der Waals surface area contributed by atoms with Gasteiger partial charge in [0.25, 0.3) is 0 Å². The second-order valence-electron chi connectivity index (χ2n) is 7.28. The van der Waals surface area contributed by atoms with Gasteiger partial charge in [0.1, 0.15) is 0 Å². The molecule has 33 heavy (non-hydrogen) atoms. The minimum Gasteiger partial charge on any atom is -0.457 e. The predicted molar refractivity (Wildman–Crippen MR) is 127 cm³/mol. The molecule has 11 heteroatoms. The van der Waals surface area contributed by atoms with Crippen LogP contribution in [0.2, 0.25) is 5.02 Å². The number of amides is 1. The van der Waals surface area contributed by atoms with Crippen LogP contribution in [-0.4, -0.2) is 39.6 Å². The first-order valence-electron chi connectivity index (χ1n) is 10.1. The average molecular weight is 485 g/mol. The summed E-state index contributed by atoms with van der Waals surface area (Å²) in [5.41, 5.74) is 7.25. The van der Waals surface area contributed by atoms with Gasteiger partial charge in [0.05, 0.1) is 5.92 Å². The van der Waals surface area contributed by atoms with Gasteiger partial charge in [-0.05, 0) is 48.7 Å². The molecule has 1 amide bonds. The predicted octanol–water partition coefficient (Wildman–Crippen LogP) is 3.67. The molecular formula is C22H21ClN6O3S. The Bertz CT molecular complexity index is 1180. The van der Waals surface area contributed by atoms with Crippen molar-refractivity contribution in [2.75, 3.05) is 28.8 Å². The van der Waals surface area contributed by atoms with Crippen LogP contribution in [0.4, 0.5) is 23.3 Å². The number of carbonyl (C=O) groups excluding carboxylic acids is 2. The molecule has 2 aromatic carbocycles. The van der Waals surface area contributed by atoms with Gasteiger partial charge < -0.3 is 20.7 Å². The SMILES string of the molecule is CSc1cccc(N2C[C@@H](C(=O)OCc3nc(N)nc(Nc4ccc(Cl)cc4)n3)CC2=O)c1. The molecule has 3 N–H and O–H groups in total. The Balaban J connectivity index is 1.38. The van der Waals surface area contributed by atoms with Gasteiger partial charge >= 0.3 is 5.97 Å². The summed E-state index contributed by atoms with van der Waals surface area (Å²) in [4.78, 5) is 40.1. The van der Waals surface area contributed by atoms with Gasteiger partial charge in [-0.2, -0.15) is 15.0 Å². The van der Waals surface area contributed by atoms with E-state index in [0.29, 0.717) is 10.7 Å². The summed E-state index contributed by atoms with van der Waals surface area (Å²) in [7, 11) is 0. The van der Waals surface area contributed by atoms with Gasteiger partial charge in [-0.3, -0.25) is 9.59 Å². The standard InChI is InChI=1S/C22H21ClN6O3S/c1-33-17-4-2-3-16(10-17)29-11-13(9-19(29)30)20(31)32-12-18-26-21(24)28-22(27-18)25-15-7-5-14(23)6-8-15/h2-8,10,13H,9,11-12H2,1H3,(H3,24,25,26,27,28)/t13-/m0/s1. The van der Waals surface area contributed by atoms with E-state index in [0.717, 1.165) is 10.6 Å². The summed E-state index contributed by atoms with van der Waals surface area (Å²) in [6.45, 7) is 0.0751. The van der Waals surface area contributed by atoms with Gasteiger partial charge in [0.15, 0.2) is 12.4 Å². The van der Waals surface area contributed by atoms with Crippen molar-refractivity contribution in [3.05, 3.63) is 59.4 Å². The number of aromatic nitrogens is 3. The van der Waals surface area contributed by atoms with E-state index >= 15 is 0 Å². The normalized spacial score (nSPS) is 15.5. The molecule has 1 aliphatic heterocycles. The third-order valence-electron chi connectivity index (χ3n) is 4.97. The lowest BCUT2D eigenvalue weighted by atomic mass is 10.1. The molecule has 0 radical (unpaired) electrons. The summed E-state index contributed by atoms with van der Waals surface area (Å²) in [6, 6.07) is 14.6. The summed E-state index contributed by atoms with van der Waals surface area (Å²) in [5.74, 6) is -0.773. The number of nitrogens with one attached hydrogen (secondary N) is 1. The summed E-state index contributed by atoms with van der Waals surface area (Å²) in [5, 5.41) is 3.60. The van der Waals surface area contributed by atoms with Crippen LogP contribution in [0.5, 0.6) is 0 Å². The minimum atomic E-state index is -0.568. The van der Waals surface area contributed by atoms with Crippen LogP contribution in [0.3, 0.4) is 0 Å². The van der Waals surface area contributed by atoms with Crippen molar-refractivity contribution in [2.24, 2.45) is 5.92 Å². The van der Waals surface area contributed by atoms with Gasteiger partial charge in [-0.1, -0.05) is 17.7 Å². The lowest BCUT2D eigenvalue weighted by Gasteiger charge is -2.17. The van der Waals surface area contributed by atoms with E-state index in [4.69, 9.17) is 22.1 Å². The summed E-state index contributed by atoms with van der Waals surface area (Å²) >= 11 is 7.48. The Morgan fingerprint density at radius 1 is 1.24 bits per heavy atom. The Hall–Kier alpha value is -3.37. The molecule has 1 saturated heterocycles. The molecule has 0 bridgehead atoms. The second kappa shape index (κ2) is 10.1. The van der Waals surface area contributed by atoms with Crippen molar-refractivity contribution >= 4 is 58.5 Å². The quantitative estimate of drug-likeness (QED) is 0.381. The Labute approximate surface area is 199 Å². The first kappa shape index (κ1) is 22.8. The van der Waals surface area contributed by atoms with Crippen LogP contribution >= 0.6 is 23.4 Å². The third-order valence-corrected chi connectivity index (χ3v) is 5.94. The molecular weight excluding hydrogens is 464 g/mol. The maximum atomic E-state index is 12.6. The third kappa shape index (κ3) is 5.71. The van der Waals surface area contributed by atoms with E-state index in [1.165, 1.54) is 0 Å². The number of nitrogen functional groups attached to an aromatic ring is 1. The molecule has 1 aliphatic rings. The minimum absolute atomic E-state index is 0.0107. The number of rotatable bonds is 7. The van der Waals surface area contributed by atoms with Crippen molar-refractivity contribution in [1.82, 2.24) is 15.0 Å². The molecule has 0 unspecified atom stereocenters. The number of carbonyl (C=O) groups is 2. The largest absolute Gasteiger partial charge is 0.457 e. The number of thioether (sulfide) groups is 1. The van der Waals surface area contributed by atoms with Crippen LogP contribution in [0.25, 0.3) is 0 Å². The number of benzene rings is 2. The molecule has 0 spiro atoms. The highest BCUT2D eigenvalue weighted by atomic mass is 35.5. The van der Waals surface area contributed by atoms with E-state index in [9.17, 15) is 9.59 Å². The number of anilines is 4. The van der Waals surface area contributed by atoms with E-state index in [-0.39, 0.29) is 43.2 Å². The molecule has 0 saturated carbocycles. The summed E-state index contributed by atoms with van der Waals surface area (Å²) in [6.07, 6.45) is 2.06. The molecule has 2 heterocycles. The van der Waals surface area contributed by atoms with Crippen LogP contribution in [0.15, 0.2) is 53.4 Å². The fourth-order valence-corrected chi connectivity index (χ4v) is 3.95. The van der Waals surface area contributed by atoms with Crippen molar-refractivity contribution in [3.63, 3.8) is 0 Å². The molecule has 0 aliphatic carbocycles. The Morgan fingerprint density at radius 2 is 2.03 bits per heavy atom. The highest BCUT2D eigenvalue weighted by Gasteiger charge is 2.36. The fourth-order valence-electron chi connectivity index (χ4n) is 3.37. The number of ether oxygens (including phenoxy) is 1. The highest BCUT2D eigenvalue weighted by molar-refractivity contribution is 7.98. The molecule has 3 aromatic rings. The Morgan fingerprint density at radius 3 is 2.79 bits per heavy atom. The number of nitrogens with zero attached hydrogens (tertiary/aromatic N) is 4. The zero-order valence-corrected chi connectivity index (χ0v) is 19.3. The summed E-state index contributed by atoms with van der Waals surface area (Å²) < 4.78 is 5.39. The molecule has 1 atom stereocenters. The molecule has 9 nitrogen and oxygen atoms in total. The number of hydrogen-bond acceptors (Lipinski definition) is 9. The first-order chi connectivity index (χ1) is 15.9. The van der Waals surface area contributed by atoms with Gasteiger partial charge in [-0.25, -0.2) is 0 Å². The maximum absolute atomic E-state index is 12.6. The lowest BCUT2D eigenvalue weighted by Crippen LogP contribution is -2.26. The van der Waals surface area contributed by atoms with E-state index in [2.05, 4.69) is 20.3 Å². The van der Waals surface area contributed by atoms with Crippen molar-refractivity contribution < 1.29 is 14.3 Å². The van der Waals surface area contributed by atoms with Crippen molar-refractivity contribution in [3.8, 4) is 0 Å². The maximum Gasteiger partial charge on any atom is 0.311 e. The number of nitrogens with two attached hydrogens (primary N) is 1. The Kier molecular flexibility index (Phi) is 6.95. The van der Waals surface area contributed by atoms with Gasteiger partial charge in [0.2, 0.25) is 17.8 Å². The van der Waals surface area contributed by atoms with Crippen LogP contribution in [-0.2, 0) is 20.9 Å². The van der Waals surface area contributed by atoms with Crippen molar-refractivity contribution in [1.29, 1.82) is 0 Å². The number of halogens is 1. The monoisotopic (exact) mass is 484 g/mol. The zero-order valence-electron chi connectivity index (χ0n) is 17.7. The van der Waals surface area contributed by atoms with E-state index in [1.54, 1.807) is 40.9 Å². The van der Waals surface area contributed by atoms with Crippen molar-refractivity contribution in [2.45, 2.75) is 17.9 Å². The fraction of sp³-hybridized carbons (Fsp3) is 0.227. The molecule has 1 fully saturated rings. The van der Waals surface area contributed by atoms with Gasteiger partial charge in [-0.15, -0.1) is 11.8 Å². The average Bonchev–Trinajstić information content (AvgIpc) is 3.20. The van der Waals surface area contributed by atoms with Crippen LogP contribution in [0, 0.1) is 5.92 Å². The zero-order chi connectivity index (χ0) is 23.4. The highest BCUT2D eigenvalue weighted by Crippen LogP contribution is 2.29. The molecule has 170 valence electrons.